The van der Waals surface area contributed by atoms with Crippen molar-refractivity contribution in [2.24, 2.45) is 0 Å². The van der Waals surface area contributed by atoms with Gasteiger partial charge in [-0.3, -0.25) is 0 Å². The van der Waals surface area contributed by atoms with Crippen molar-refractivity contribution >= 4 is 19.2 Å². The number of carbonyl (C=O) groups excluding carboxylic acids is 1. The fraction of sp³-hybridized carbons (Fsp3) is 0.840. The van der Waals surface area contributed by atoms with Crippen LogP contribution in [-0.2, 0) is 9.53 Å². The normalized spacial score (nSPS) is 13.6. The minimum atomic E-state index is -1.93. The lowest BCUT2D eigenvalue weighted by atomic mass is 10.0. The number of ether oxygens (including phenoxy) is 1. The van der Waals surface area contributed by atoms with E-state index in [4.69, 9.17) is 4.74 Å². The number of esters is 1. The Bertz CT molecular complexity index is 514. The molecule has 31 heavy (non-hydrogen) atoms. The SMILES string of the molecule is C=CC(=O)OC(CCCCCCCCCCCCCCC)C/[P+]([O-])=C(\O)C[N+](C)(C)C. The summed E-state index contributed by atoms with van der Waals surface area (Å²) in [6.07, 6.45) is 18.2. The number of carbonyl (C=O) groups is 1. The highest BCUT2D eigenvalue weighted by molar-refractivity contribution is 7.51. The molecule has 2 unspecified atom stereocenters. The maximum atomic E-state index is 12.5. The summed E-state index contributed by atoms with van der Waals surface area (Å²) in [7, 11) is 3.87. The molecule has 1 N–H and O–H groups in total. The van der Waals surface area contributed by atoms with E-state index in [9.17, 15) is 14.8 Å². The average molecular weight is 459 g/mol. The number of quaternary nitrogens is 1. The number of unbranched alkanes of at least 4 members (excludes halogenated alkanes) is 12. The van der Waals surface area contributed by atoms with Gasteiger partial charge in [0.25, 0.3) is 5.48 Å². The van der Waals surface area contributed by atoms with Gasteiger partial charge in [0, 0.05) is 6.08 Å². The molecular weight excluding hydrogens is 409 g/mol. The van der Waals surface area contributed by atoms with E-state index in [1.54, 1.807) is 0 Å². The topological polar surface area (TPSA) is 69.6 Å². The Labute approximate surface area is 192 Å². The van der Waals surface area contributed by atoms with Crippen molar-refractivity contribution in [1.29, 1.82) is 0 Å². The molecule has 0 rings (SSSR count). The minimum absolute atomic E-state index is 0.00693. The minimum Gasteiger partial charge on any atom is -0.628 e. The number of likely N-dealkylation sites (N-methyl/N-ethyl adjacent to an activating group) is 1. The van der Waals surface area contributed by atoms with Crippen molar-refractivity contribution in [1.82, 2.24) is 0 Å². The summed E-state index contributed by atoms with van der Waals surface area (Å²) in [5.74, 6) is -0.491. The predicted octanol–water partition coefficient (Wildman–Crippen LogP) is 5.53. The van der Waals surface area contributed by atoms with E-state index in [-0.39, 0.29) is 11.6 Å². The van der Waals surface area contributed by atoms with Gasteiger partial charge in [0.1, 0.15) is 12.3 Å². The molecule has 0 aliphatic rings. The van der Waals surface area contributed by atoms with Gasteiger partial charge in [-0.1, -0.05) is 90.6 Å². The first-order valence-corrected chi connectivity index (χ1v) is 13.8. The second-order valence-corrected chi connectivity index (χ2v) is 11.4. The first kappa shape index (κ1) is 30.3. The van der Waals surface area contributed by atoms with Crippen molar-refractivity contribution in [3.63, 3.8) is 0 Å². The highest BCUT2D eigenvalue weighted by atomic mass is 31.1. The monoisotopic (exact) mass is 458 g/mol. The van der Waals surface area contributed by atoms with Gasteiger partial charge in [0.2, 0.25) is 0 Å². The third kappa shape index (κ3) is 19.7. The van der Waals surface area contributed by atoms with Crippen LogP contribution in [0.15, 0.2) is 12.7 Å². The number of aliphatic hydroxyl groups excluding tert-OH is 1. The van der Waals surface area contributed by atoms with Crippen LogP contribution in [0.4, 0.5) is 0 Å². The van der Waals surface area contributed by atoms with Crippen LogP contribution in [-0.4, -0.2) is 61.0 Å². The molecule has 5 nitrogen and oxygen atoms in total. The number of hydrogen-bond acceptors (Lipinski definition) is 3. The van der Waals surface area contributed by atoms with Crippen LogP contribution in [0.1, 0.15) is 96.8 Å². The molecule has 0 aliphatic carbocycles. The second kappa shape index (κ2) is 18.8. The third-order valence-electron chi connectivity index (χ3n) is 5.35. The molecule has 0 spiro atoms. The van der Waals surface area contributed by atoms with Crippen LogP contribution in [0.25, 0.3) is 0 Å². The maximum Gasteiger partial charge on any atom is 0.330 e. The van der Waals surface area contributed by atoms with Crippen molar-refractivity contribution in [3.05, 3.63) is 12.7 Å². The van der Waals surface area contributed by atoms with Gasteiger partial charge >= 0.3 is 5.97 Å². The van der Waals surface area contributed by atoms with Crippen LogP contribution < -0.4 is 4.89 Å². The molecule has 0 bridgehead atoms. The smallest absolute Gasteiger partial charge is 0.330 e. The molecule has 0 aromatic carbocycles. The zero-order valence-electron chi connectivity index (χ0n) is 20.7. The Morgan fingerprint density at radius 3 is 1.84 bits per heavy atom. The summed E-state index contributed by atoms with van der Waals surface area (Å²) in [4.78, 5) is 24.1. The number of rotatable bonds is 20. The lowest BCUT2D eigenvalue weighted by molar-refractivity contribution is -0.861. The molecule has 0 saturated heterocycles. The van der Waals surface area contributed by atoms with E-state index in [1.165, 1.54) is 70.6 Å². The zero-order valence-corrected chi connectivity index (χ0v) is 21.6. The quantitative estimate of drug-likeness (QED) is 0.0856. The molecule has 0 fully saturated rings. The standard InChI is InChI=1S/C25H48NO4P/c1-6-8-9-10-11-12-13-14-15-16-17-18-19-20-23(30-24(27)7-2)22-31(29)25(28)21-26(3,4)5/h7,23H,2,6,8-22H2,1,3-5H3/p+1. The van der Waals surface area contributed by atoms with E-state index >= 15 is 0 Å². The van der Waals surface area contributed by atoms with Crippen LogP contribution in [0.3, 0.4) is 0 Å². The first-order valence-electron chi connectivity index (χ1n) is 12.3. The molecule has 0 aromatic rings. The second-order valence-electron chi connectivity index (χ2n) is 9.72. The largest absolute Gasteiger partial charge is 0.628 e. The van der Waals surface area contributed by atoms with E-state index in [0.29, 0.717) is 17.4 Å². The summed E-state index contributed by atoms with van der Waals surface area (Å²) < 4.78 is 5.89. The molecule has 0 saturated carbocycles. The van der Waals surface area contributed by atoms with Crippen LogP contribution in [0.2, 0.25) is 0 Å². The van der Waals surface area contributed by atoms with Crippen molar-refractivity contribution in [2.45, 2.75) is 103 Å². The van der Waals surface area contributed by atoms with Crippen LogP contribution >= 0.6 is 7.77 Å². The number of hydrogen-bond donors (Lipinski definition) is 1. The summed E-state index contributed by atoms with van der Waals surface area (Å²) >= 11 is 0. The third-order valence-corrected chi connectivity index (χ3v) is 6.81. The first-order chi connectivity index (χ1) is 14.7. The summed E-state index contributed by atoms with van der Waals surface area (Å²) in [5, 5.41) is 10.1. The molecule has 0 amide bonds. The predicted molar refractivity (Wildman–Crippen MR) is 132 cm³/mol. The van der Waals surface area contributed by atoms with Crippen LogP contribution in [0, 0.1) is 0 Å². The van der Waals surface area contributed by atoms with E-state index in [2.05, 4.69) is 13.5 Å². The van der Waals surface area contributed by atoms with Crippen molar-refractivity contribution in [2.75, 3.05) is 33.8 Å². The molecule has 6 heteroatoms. The van der Waals surface area contributed by atoms with Gasteiger partial charge in [-0.2, -0.15) is 0 Å². The highest BCUT2D eigenvalue weighted by Gasteiger charge is 2.22. The van der Waals surface area contributed by atoms with Gasteiger partial charge < -0.3 is 19.2 Å². The summed E-state index contributed by atoms with van der Waals surface area (Å²) in [6.45, 7) is 6.03. The fourth-order valence-electron chi connectivity index (χ4n) is 3.58. The molecular formula is C25H49NO4P+. The highest BCUT2D eigenvalue weighted by Crippen LogP contribution is 2.21. The molecule has 0 aromatic heterocycles. The zero-order chi connectivity index (χ0) is 23.5. The average Bonchev–Trinajstić information content (AvgIpc) is 2.69. The molecule has 182 valence electrons. The summed E-state index contributed by atoms with van der Waals surface area (Å²) in [5.41, 5.74) is -0.00693. The van der Waals surface area contributed by atoms with Gasteiger partial charge in [0.05, 0.1) is 28.9 Å². The van der Waals surface area contributed by atoms with Crippen molar-refractivity contribution < 1.29 is 24.0 Å². The molecule has 0 heterocycles. The molecule has 0 aliphatic heterocycles. The lowest BCUT2D eigenvalue weighted by Crippen LogP contribution is -2.40. The Hall–Kier alpha value is -0.740. The van der Waals surface area contributed by atoms with E-state index in [0.717, 1.165) is 18.9 Å². The van der Waals surface area contributed by atoms with E-state index in [1.807, 2.05) is 21.1 Å². The number of aliphatic hydroxyl groups is 1. The lowest BCUT2D eigenvalue weighted by Gasteiger charge is -2.22. The van der Waals surface area contributed by atoms with Crippen LogP contribution in [0.5, 0.6) is 0 Å². The number of nitrogens with zero attached hydrogens (tertiary/aromatic N) is 1. The Balaban J connectivity index is 4.08. The molecule has 0 radical (unpaired) electrons. The van der Waals surface area contributed by atoms with Gasteiger partial charge in [-0.05, 0) is 12.8 Å². The Morgan fingerprint density at radius 1 is 0.968 bits per heavy atom. The molecule has 2 atom stereocenters. The maximum absolute atomic E-state index is 12.5. The van der Waals surface area contributed by atoms with Gasteiger partial charge in [-0.15, -0.1) is 0 Å². The Morgan fingerprint density at radius 2 is 1.42 bits per heavy atom. The summed E-state index contributed by atoms with van der Waals surface area (Å²) in [6, 6.07) is 0. The Kier molecular flexibility index (Phi) is 18.3. The van der Waals surface area contributed by atoms with E-state index < -0.39 is 19.8 Å². The van der Waals surface area contributed by atoms with Gasteiger partial charge in [0.15, 0.2) is 6.54 Å². The van der Waals surface area contributed by atoms with Crippen molar-refractivity contribution in [3.8, 4) is 0 Å². The van der Waals surface area contributed by atoms with Gasteiger partial charge in [-0.25, -0.2) is 4.79 Å². The fourth-order valence-corrected chi connectivity index (χ4v) is 5.00.